The number of hydrogen-bond acceptors (Lipinski definition) is 4. The van der Waals surface area contributed by atoms with Crippen molar-refractivity contribution in [3.05, 3.63) is 22.4 Å². The fraction of sp³-hybridized carbons (Fsp3) is 0.667. The third-order valence-corrected chi connectivity index (χ3v) is 5.63. The zero-order chi connectivity index (χ0) is 13.2. The van der Waals surface area contributed by atoms with E-state index in [-0.39, 0.29) is 11.8 Å². The van der Waals surface area contributed by atoms with Crippen LogP contribution in [0, 0.1) is 5.92 Å². The minimum atomic E-state index is -3.11. The fourth-order valence-corrected chi connectivity index (χ4v) is 4.28. The number of sulfonamides is 1. The summed E-state index contributed by atoms with van der Waals surface area (Å²) in [5.74, 6) is 0.680. The van der Waals surface area contributed by atoms with Crippen LogP contribution in [-0.2, 0) is 10.0 Å². The summed E-state index contributed by atoms with van der Waals surface area (Å²) in [6.45, 7) is 0.447. The van der Waals surface area contributed by atoms with Crippen molar-refractivity contribution in [1.82, 2.24) is 9.62 Å². The minimum absolute atomic E-state index is 0.110. The molecule has 4 nitrogen and oxygen atoms in total. The molecule has 2 rings (SSSR count). The Kier molecular flexibility index (Phi) is 4.42. The van der Waals surface area contributed by atoms with Gasteiger partial charge in [0.25, 0.3) is 0 Å². The summed E-state index contributed by atoms with van der Waals surface area (Å²) >= 11 is 1.66. The van der Waals surface area contributed by atoms with Crippen molar-refractivity contribution in [2.75, 3.05) is 26.4 Å². The summed E-state index contributed by atoms with van der Waals surface area (Å²) in [6, 6.07) is 4.15. The molecule has 1 atom stereocenters. The maximum Gasteiger partial charge on any atom is 0.211 e. The lowest BCUT2D eigenvalue weighted by Crippen LogP contribution is -2.35. The maximum absolute atomic E-state index is 11.9. The van der Waals surface area contributed by atoms with E-state index >= 15 is 0 Å². The van der Waals surface area contributed by atoms with Crippen LogP contribution in [0.15, 0.2) is 17.5 Å². The van der Waals surface area contributed by atoms with Gasteiger partial charge in [0.05, 0.1) is 11.8 Å². The highest BCUT2D eigenvalue weighted by atomic mass is 32.2. The lowest BCUT2D eigenvalue weighted by atomic mass is 10.2. The van der Waals surface area contributed by atoms with E-state index < -0.39 is 10.0 Å². The summed E-state index contributed by atoms with van der Waals surface area (Å²) in [5.41, 5.74) is 0. The molecule has 1 fully saturated rings. The van der Waals surface area contributed by atoms with Crippen LogP contribution in [-0.4, -0.2) is 39.7 Å². The zero-order valence-electron chi connectivity index (χ0n) is 10.8. The smallest absolute Gasteiger partial charge is 0.211 e. The second kappa shape index (κ2) is 5.69. The summed E-state index contributed by atoms with van der Waals surface area (Å²) in [5, 5.41) is 2.02. The number of thiophene rings is 1. The van der Waals surface area contributed by atoms with Crippen LogP contribution in [0.4, 0.5) is 0 Å². The van der Waals surface area contributed by atoms with Crippen LogP contribution in [0.25, 0.3) is 0 Å². The lowest BCUT2D eigenvalue weighted by Gasteiger charge is -2.23. The molecule has 0 saturated heterocycles. The van der Waals surface area contributed by atoms with E-state index in [1.807, 2.05) is 36.5 Å². The summed E-state index contributed by atoms with van der Waals surface area (Å²) in [6.07, 6.45) is 2.12. The van der Waals surface area contributed by atoms with Gasteiger partial charge in [-0.05, 0) is 44.3 Å². The van der Waals surface area contributed by atoms with Gasteiger partial charge in [0.1, 0.15) is 0 Å². The highest BCUT2D eigenvalue weighted by molar-refractivity contribution is 7.89. The fourth-order valence-electron chi connectivity index (χ4n) is 1.88. The summed E-state index contributed by atoms with van der Waals surface area (Å²) < 4.78 is 26.4. The third kappa shape index (κ3) is 4.05. The minimum Gasteiger partial charge on any atom is -0.300 e. The van der Waals surface area contributed by atoms with Gasteiger partial charge < -0.3 is 4.90 Å². The molecule has 102 valence electrons. The Hall–Kier alpha value is -0.430. The van der Waals surface area contributed by atoms with Crippen LogP contribution in [0.2, 0.25) is 0 Å². The molecule has 0 unspecified atom stereocenters. The molecule has 0 aliphatic heterocycles. The first-order valence-corrected chi connectivity index (χ1v) is 8.68. The summed E-state index contributed by atoms with van der Waals surface area (Å²) in [7, 11) is 0.834. The van der Waals surface area contributed by atoms with Gasteiger partial charge >= 0.3 is 0 Å². The SMILES string of the molecule is CN(C)[C@H](CNS(=O)(=O)CC1CC1)c1cccs1. The van der Waals surface area contributed by atoms with Crippen LogP contribution in [0.5, 0.6) is 0 Å². The first kappa shape index (κ1) is 14.0. The molecule has 0 bridgehead atoms. The number of nitrogens with zero attached hydrogens (tertiary/aromatic N) is 1. The van der Waals surface area contributed by atoms with Crippen molar-refractivity contribution in [1.29, 1.82) is 0 Å². The molecule has 0 amide bonds. The molecular formula is C12H20N2O2S2. The van der Waals surface area contributed by atoms with Crippen LogP contribution in [0.1, 0.15) is 23.8 Å². The van der Waals surface area contributed by atoms with Crippen molar-refractivity contribution >= 4 is 21.4 Å². The van der Waals surface area contributed by atoms with Gasteiger partial charge in [-0.25, -0.2) is 13.1 Å². The third-order valence-electron chi connectivity index (χ3n) is 3.14. The first-order valence-electron chi connectivity index (χ1n) is 6.15. The van der Waals surface area contributed by atoms with Gasteiger partial charge in [0, 0.05) is 11.4 Å². The molecule has 18 heavy (non-hydrogen) atoms. The Morgan fingerprint density at radius 2 is 2.22 bits per heavy atom. The van der Waals surface area contributed by atoms with Gasteiger partial charge in [0.2, 0.25) is 10.0 Å². The molecule has 1 heterocycles. The zero-order valence-corrected chi connectivity index (χ0v) is 12.4. The highest BCUT2D eigenvalue weighted by Crippen LogP contribution is 2.30. The highest BCUT2D eigenvalue weighted by Gasteiger charge is 2.28. The Morgan fingerprint density at radius 1 is 1.50 bits per heavy atom. The van der Waals surface area contributed by atoms with Crippen molar-refractivity contribution in [2.45, 2.75) is 18.9 Å². The number of nitrogens with one attached hydrogen (secondary N) is 1. The monoisotopic (exact) mass is 288 g/mol. The largest absolute Gasteiger partial charge is 0.300 e. The van der Waals surface area contributed by atoms with Crippen LogP contribution >= 0.6 is 11.3 Å². The number of hydrogen-bond donors (Lipinski definition) is 1. The Balaban J connectivity index is 1.93. The van der Waals surface area contributed by atoms with Gasteiger partial charge in [-0.3, -0.25) is 0 Å². The van der Waals surface area contributed by atoms with Gasteiger partial charge in [-0.1, -0.05) is 6.07 Å². The molecule has 0 spiro atoms. The van der Waals surface area contributed by atoms with Crippen LogP contribution in [0.3, 0.4) is 0 Å². The van der Waals surface area contributed by atoms with E-state index in [0.717, 1.165) is 12.8 Å². The van der Waals surface area contributed by atoms with E-state index in [4.69, 9.17) is 0 Å². The average molecular weight is 288 g/mol. The molecule has 6 heteroatoms. The van der Waals surface area contributed by atoms with Crippen molar-refractivity contribution in [2.24, 2.45) is 5.92 Å². The number of rotatable bonds is 7. The number of likely N-dealkylation sites (N-methyl/N-ethyl adjacent to an activating group) is 1. The molecule has 1 N–H and O–H groups in total. The second-order valence-electron chi connectivity index (χ2n) is 5.07. The Bertz CT molecular complexity index is 464. The van der Waals surface area contributed by atoms with E-state index in [0.29, 0.717) is 12.5 Å². The second-order valence-corrected chi connectivity index (χ2v) is 7.90. The van der Waals surface area contributed by atoms with Crippen molar-refractivity contribution < 1.29 is 8.42 Å². The van der Waals surface area contributed by atoms with E-state index in [2.05, 4.69) is 4.72 Å². The van der Waals surface area contributed by atoms with E-state index in [9.17, 15) is 8.42 Å². The molecule has 1 saturated carbocycles. The molecule has 0 aromatic carbocycles. The molecule has 1 aliphatic rings. The van der Waals surface area contributed by atoms with Crippen molar-refractivity contribution in [3.63, 3.8) is 0 Å². The maximum atomic E-state index is 11.9. The Labute approximate surface area is 113 Å². The van der Waals surface area contributed by atoms with E-state index in [1.165, 1.54) is 4.88 Å². The normalized spacial score (nSPS) is 18.2. The predicted octanol–water partition coefficient (Wildman–Crippen LogP) is 1.68. The first-order chi connectivity index (χ1) is 8.48. The molecule has 1 aromatic rings. The molecular weight excluding hydrogens is 268 g/mol. The topological polar surface area (TPSA) is 49.4 Å². The predicted molar refractivity (Wildman–Crippen MR) is 75.3 cm³/mol. The van der Waals surface area contributed by atoms with Gasteiger partial charge in [0.15, 0.2) is 0 Å². The van der Waals surface area contributed by atoms with E-state index in [1.54, 1.807) is 11.3 Å². The lowest BCUT2D eigenvalue weighted by molar-refractivity contribution is 0.303. The van der Waals surface area contributed by atoms with Crippen molar-refractivity contribution in [3.8, 4) is 0 Å². The standard InChI is InChI=1S/C12H20N2O2S2/c1-14(2)11(12-4-3-7-17-12)8-13-18(15,16)9-10-5-6-10/h3-4,7,10-11,13H,5-6,8-9H2,1-2H3/t11-/m1/s1. The summed E-state index contributed by atoms with van der Waals surface area (Å²) in [4.78, 5) is 3.24. The molecule has 1 aliphatic carbocycles. The van der Waals surface area contributed by atoms with Gasteiger partial charge in [-0.15, -0.1) is 11.3 Å². The van der Waals surface area contributed by atoms with Gasteiger partial charge in [-0.2, -0.15) is 0 Å². The quantitative estimate of drug-likeness (QED) is 0.830. The van der Waals surface area contributed by atoms with Crippen LogP contribution < -0.4 is 4.72 Å². The average Bonchev–Trinajstić information content (AvgIpc) is 2.91. The Morgan fingerprint density at radius 3 is 2.72 bits per heavy atom. The molecule has 1 aromatic heterocycles. The molecule has 0 radical (unpaired) electrons.